The summed E-state index contributed by atoms with van der Waals surface area (Å²) in [7, 11) is 1.54. The molecule has 1 N–H and O–H groups in total. The van der Waals surface area contributed by atoms with Gasteiger partial charge in [0.15, 0.2) is 6.23 Å². The van der Waals surface area contributed by atoms with Gasteiger partial charge in [-0.2, -0.15) is 0 Å². The molecule has 0 bridgehead atoms. The van der Waals surface area contributed by atoms with Gasteiger partial charge in [-0.25, -0.2) is 4.79 Å². The Kier molecular flexibility index (Phi) is 6.06. The fourth-order valence-corrected chi connectivity index (χ4v) is 3.74. The van der Waals surface area contributed by atoms with E-state index >= 15 is 0 Å². The Balaban J connectivity index is 1.65. The molecule has 28 heavy (non-hydrogen) atoms. The fraction of sp³-hybridized carbons (Fsp3) is 0.435. The van der Waals surface area contributed by atoms with Gasteiger partial charge in [-0.05, 0) is 49.9 Å². The van der Waals surface area contributed by atoms with Crippen LogP contribution in [0.5, 0.6) is 0 Å². The molecule has 0 fully saturated rings. The van der Waals surface area contributed by atoms with Crippen LogP contribution in [0, 0.1) is 0 Å². The molecular formula is C23H29NO4. The van der Waals surface area contributed by atoms with E-state index in [2.05, 4.69) is 29.6 Å². The summed E-state index contributed by atoms with van der Waals surface area (Å²) < 4.78 is 16.8. The van der Waals surface area contributed by atoms with E-state index in [9.17, 15) is 4.79 Å². The summed E-state index contributed by atoms with van der Waals surface area (Å²) in [4.78, 5) is 12.4. The van der Waals surface area contributed by atoms with Crippen LogP contribution in [0.15, 0.2) is 48.5 Å². The Morgan fingerprint density at radius 2 is 1.57 bits per heavy atom. The summed E-state index contributed by atoms with van der Waals surface area (Å²) in [5.74, 6) is 0.0300. The van der Waals surface area contributed by atoms with Crippen molar-refractivity contribution in [1.82, 2.24) is 5.32 Å². The van der Waals surface area contributed by atoms with E-state index in [0.29, 0.717) is 0 Å². The van der Waals surface area contributed by atoms with E-state index < -0.39 is 12.3 Å². The number of benzene rings is 2. The number of amides is 1. The van der Waals surface area contributed by atoms with Crippen LogP contribution < -0.4 is 5.32 Å². The molecule has 0 aliphatic heterocycles. The van der Waals surface area contributed by atoms with Gasteiger partial charge in [0.05, 0.1) is 5.60 Å². The van der Waals surface area contributed by atoms with Crippen LogP contribution in [0.25, 0.3) is 11.1 Å². The van der Waals surface area contributed by atoms with Crippen molar-refractivity contribution in [3.8, 4) is 11.1 Å². The molecule has 150 valence electrons. The summed E-state index contributed by atoms with van der Waals surface area (Å²) in [6.45, 7) is 8.02. The maximum Gasteiger partial charge on any atom is 0.409 e. The highest BCUT2D eigenvalue weighted by Crippen LogP contribution is 2.44. The minimum atomic E-state index is -0.588. The first kappa shape index (κ1) is 20.4. The van der Waals surface area contributed by atoms with E-state index in [1.807, 2.05) is 52.0 Å². The van der Waals surface area contributed by atoms with E-state index in [4.69, 9.17) is 14.2 Å². The lowest BCUT2D eigenvalue weighted by Gasteiger charge is -2.30. The number of hydrogen-bond acceptors (Lipinski definition) is 4. The van der Waals surface area contributed by atoms with Gasteiger partial charge in [0.2, 0.25) is 0 Å². The number of carbonyl (C=O) groups excluding carboxylic acids is 1. The second-order valence-corrected chi connectivity index (χ2v) is 8.06. The number of carbonyl (C=O) groups is 1. The molecule has 0 aromatic heterocycles. The van der Waals surface area contributed by atoms with Crippen molar-refractivity contribution in [3.63, 3.8) is 0 Å². The smallest absolute Gasteiger partial charge is 0.409 e. The number of fused-ring (bicyclic) bond motifs is 3. The molecule has 5 nitrogen and oxygen atoms in total. The molecule has 0 saturated heterocycles. The molecule has 0 heterocycles. The Bertz CT molecular complexity index is 782. The van der Waals surface area contributed by atoms with Crippen LogP contribution in [0.3, 0.4) is 0 Å². The number of ether oxygens (including phenoxy) is 3. The van der Waals surface area contributed by atoms with Gasteiger partial charge in [0.25, 0.3) is 0 Å². The molecule has 0 radical (unpaired) electrons. The molecule has 1 aliphatic carbocycles. The van der Waals surface area contributed by atoms with Crippen LogP contribution in [0.2, 0.25) is 0 Å². The lowest BCUT2D eigenvalue weighted by atomic mass is 9.98. The molecule has 1 aliphatic rings. The van der Waals surface area contributed by atoms with Gasteiger partial charge < -0.3 is 14.2 Å². The Morgan fingerprint density at radius 3 is 2.07 bits per heavy atom. The highest BCUT2D eigenvalue weighted by atomic mass is 16.6. The molecule has 1 amide bonds. The molecule has 2 unspecified atom stereocenters. The number of methoxy groups -OCH3 is 1. The molecule has 3 rings (SSSR count). The molecule has 2 aromatic rings. The topological polar surface area (TPSA) is 56.8 Å². The SMILES string of the molecule is COC(NC(=O)OCC1c2ccccc2-c2ccccc21)C(C)OC(C)(C)C. The minimum Gasteiger partial charge on any atom is -0.448 e. The molecule has 0 spiro atoms. The predicted molar refractivity (Wildman–Crippen MR) is 109 cm³/mol. The monoisotopic (exact) mass is 383 g/mol. The first-order chi connectivity index (χ1) is 13.3. The third kappa shape index (κ3) is 4.54. The Hall–Kier alpha value is -2.37. The van der Waals surface area contributed by atoms with Crippen molar-refractivity contribution in [2.24, 2.45) is 0 Å². The van der Waals surface area contributed by atoms with E-state index in [-0.39, 0.29) is 24.2 Å². The van der Waals surface area contributed by atoms with Crippen molar-refractivity contribution < 1.29 is 19.0 Å². The number of nitrogens with one attached hydrogen (secondary N) is 1. The van der Waals surface area contributed by atoms with Gasteiger partial charge >= 0.3 is 6.09 Å². The van der Waals surface area contributed by atoms with Crippen LogP contribution in [-0.4, -0.2) is 37.7 Å². The quantitative estimate of drug-likeness (QED) is 0.735. The first-order valence-corrected chi connectivity index (χ1v) is 9.62. The summed E-state index contributed by atoms with van der Waals surface area (Å²) >= 11 is 0. The third-order valence-corrected chi connectivity index (χ3v) is 4.82. The summed E-state index contributed by atoms with van der Waals surface area (Å²) in [6.07, 6.45) is -1.42. The third-order valence-electron chi connectivity index (χ3n) is 4.82. The average Bonchev–Trinajstić information content (AvgIpc) is 2.97. The predicted octanol–water partition coefficient (Wildman–Crippen LogP) is 4.70. The molecule has 2 aromatic carbocycles. The van der Waals surface area contributed by atoms with Gasteiger partial charge in [-0.15, -0.1) is 0 Å². The summed E-state index contributed by atoms with van der Waals surface area (Å²) in [5.41, 5.74) is 4.44. The lowest BCUT2D eigenvalue weighted by molar-refractivity contribution is -0.119. The van der Waals surface area contributed by atoms with Crippen molar-refractivity contribution in [3.05, 3.63) is 59.7 Å². The van der Waals surface area contributed by atoms with Crippen LogP contribution in [0.4, 0.5) is 4.79 Å². The van der Waals surface area contributed by atoms with Crippen molar-refractivity contribution in [1.29, 1.82) is 0 Å². The Labute approximate surface area is 167 Å². The maximum absolute atomic E-state index is 12.4. The normalized spacial score (nSPS) is 15.5. The minimum absolute atomic E-state index is 0.0300. The maximum atomic E-state index is 12.4. The van der Waals surface area contributed by atoms with Gasteiger partial charge in [0, 0.05) is 13.0 Å². The van der Waals surface area contributed by atoms with Gasteiger partial charge in [-0.1, -0.05) is 48.5 Å². The highest BCUT2D eigenvalue weighted by molar-refractivity contribution is 5.79. The number of alkyl carbamates (subject to hydrolysis) is 1. The molecule has 2 atom stereocenters. The highest BCUT2D eigenvalue weighted by Gasteiger charge is 2.30. The summed E-state index contributed by atoms with van der Waals surface area (Å²) in [5, 5.41) is 2.75. The van der Waals surface area contributed by atoms with Crippen LogP contribution in [-0.2, 0) is 14.2 Å². The zero-order valence-electron chi connectivity index (χ0n) is 17.2. The standard InChI is InChI=1S/C23H29NO4/c1-15(28-23(2,3)4)21(26-5)24-22(25)27-14-20-18-12-8-6-10-16(18)17-11-7-9-13-19(17)20/h6-13,15,20-21H,14H2,1-5H3,(H,24,25). The van der Waals surface area contributed by atoms with Crippen LogP contribution >= 0.6 is 0 Å². The van der Waals surface area contributed by atoms with E-state index in [1.165, 1.54) is 29.4 Å². The van der Waals surface area contributed by atoms with Crippen molar-refractivity contribution >= 4 is 6.09 Å². The van der Waals surface area contributed by atoms with Gasteiger partial charge in [-0.3, -0.25) is 5.32 Å². The zero-order valence-corrected chi connectivity index (χ0v) is 17.2. The van der Waals surface area contributed by atoms with Crippen molar-refractivity contribution in [2.45, 2.75) is 51.5 Å². The number of rotatable bonds is 6. The van der Waals surface area contributed by atoms with Crippen LogP contribution in [0.1, 0.15) is 44.7 Å². The molecule has 5 heteroatoms. The molecular weight excluding hydrogens is 354 g/mol. The number of hydrogen-bond donors (Lipinski definition) is 1. The Morgan fingerprint density at radius 1 is 1.04 bits per heavy atom. The largest absolute Gasteiger partial charge is 0.448 e. The fourth-order valence-electron chi connectivity index (χ4n) is 3.74. The van der Waals surface area contributed by atoms with Gasteiger partial charge in [0.1, 0.15) is 12.7 Å². The van der Waals surface area contributed by atoms with E-state index in [1.54, 1.807) is 0 Å². The van der Waals surface area contributed by atoms with E-state index in [0.717, 1.165) is 0 Å². The average molecular weight is 383 g/mol. The summed E-state index contributed by atoms with van der Waals surface area (Å²) in [6, 6.07) is 16.5. The zero-order chi connectivity index (χ0) is 20.3. The first-order valence-electron chi connectivity index (χ1n) is 9.62. The second kappa shape index (κ2) is 8.33. The molecule has 0 saturated carbocycles. The van der Waals surface area contributed by atoms with Crippen molar-refractivity contribution in [2.75, 3.05) is 13.7 Å². The lowest BCUT2D eigenvalue weighted by Crippen LogP contribution is -2.47. The second-order valence-electron chi connectivity index (χ2n) is 8.06.